The van der Waals surface area contributed by atoms with Crippen LogP contribution in [0.3, 0.4) is 0 Å². The predicted octanol–water partition coefficient (Wildman–Crippen LogP) is 3.34. The van der Waals surface area contributed by atoms with E-state index in [0.717, 1.165) is 0 Å². The highest BCUT2D eigenvalue weighted by Crippen LogP contribution is 2.30. The molecule has 3 rings (SSSR count). The van der Waals surface area contributed by atoms with E-state index in [1.165, 1.54) is 32.4 Å². The maximum atomic E-state index is 12.4. The van der Waals surface area contributed by atoms with Gasteiger partial charge in [0.2, 0.25) is 5.95 Å². The highest BCUT2D eigenvalue weighted by atomic mass is 19.3. The zero-order valence-corrected chi connectivity index (χ0v) is 14.9. The van der Waals surface area contributed by atoms with E-state index in [-0.39, 0.29) is 23.0 Å². The summed E-state index contributed by atoms with van der Waals surface area (Å²) in [6, 6.07) is 11.0. The van der Waals surface area contributed by atoms with Gasteiger partial charge < -0.3 is 14.2 Å². The Morgan fingerprint density at radius 2 is 1.82 bits per heavy atom. The molecule has 2 N–H and O–H groups in total. The van der Waals surface area contributed by atoms with Crippen LogP contribution in [0, 0.1) is 0 Å². The maximum Gasteiger partial charge on any atom is 0.387 e. The third kappa shape index (κ3) is 4.17. The number of rotatable bonds is 7. The third-order valence-corrected chi connectivity index (χ3v) is 3.71. The first-order valence-corrected chi connectivity index (χ1v) is 8.01. The van der Waals surface area contributed by atoms with Gasteiger partial charge in [-0.3, -0.25) is 15.2 Å². The molecule has 0 radical (unpaired) electrons. The number of aromatic nitrogens is 3. The summed E-state index contributed by atoms with van der Waals surface area (Å²) in [5, 5.41) is 9.20. The average Bonchev–Trinajstić information content (AvgIpc) is 3.16. The molecule has 28 heavy (non-hydrogen) atoms. The second-order valence-electron chi connectivity index (χ2n) is 5.41. The lowest BCUT2D eigenvalue weighted by Crippen LogP contribution is -2.13. The number of ether oxygens (including phenoxy) is 3. The van der Waals surface area contributed by atoms with Gasteiger partial charge in [0.15, 0.2) is 17.3 Å². The summed E-state index contributed by atoms with van der Waals surface area (Å²) in [4.78, 5) is 16.6. The Balaban J connectivity index is 1.78. The van der Waals surface area contributed by atoms with Crippen molar-refractivity contribution in [1.29, 1.82) is 0 Å². The second-order valence-corrected chi connectivity index (χ2v) is 5.41. The lowest BCUT2D eigenvalue weighted by atomic mass is 10.2. The van der Waals surface area contributed by atoms with E-state index in [1.807, 2.05) is 12.1 Å². The highest BCUT2D eigenvalue weighted by Gasteiger charge is 2.16. The summed E-state index contributed by atoms with van der Waals surface area (Å²) >= 11 is 0. The number of alkyl halides is 2. The Morgan fingerprint density at radius 3 is 2.54 bits per heavy atom. The molecule has 1 heterocycles. The maximum absolute atomic E-state index is 12.4. The van der Waals surface area contributed by atoms with E-state index in [0.29, 0.717) is 17.1 Å². The summed E-state index contributed by atoms with van der Waals surface area (Å²) in [5.74, 6) is 0.315. The van der Waals surface area contributed by atoms with E-state index < -0.39 is 12.5 Å². The lowest BCUT2D eigenvalue weighted by Gasteiger charge is -2.11. The van der Waals surface area contributed by atoms with Crippen LogP contribution >= 0.6 is 0 Å². The quantitative estimate of drug-likeness (QED) is 0.642. The van der Waals surface area contributed by atoms with Crippen molar-refractivity contribution in [2.45, 2.75) is 6.61 Å². The molecule has 0 atom stereocenters. The van der Waals surface area contributed by atoms with Gasteiger partial charge in [-0.05, 0) is 30.3 Å². The Labute approximate surface area is 158 Å². The number of nitrogens with one attached hydrogen (secondary N) is 2. The van der Waals surface area contributed by atoms with Crippen molar-refractivity contribution in [2.75, 3.05) is 19.5 Å². The Morgan fingerprint density at radius 1 is 1.07 bits per heavy atom. The topological polar surface area (TPSA) is 98.4 Å². The number of H-pyrrole nitrogens is 1. The van der Waals surface area contributed by atoms with Crippen LogP contribution in [-0.2, 0) is 0 Å². The molecule has 1 aromatic heterocycles. The van der Waals surface area contributed by atoms with Gasteiger partial charge >= 0.3 is 6.61 Å². The number of methoxy groups -OCH3 is 2. The molecule has 0 saturated heterocycles. The molecule has 10 heteroatoms. The largest absolute Gasteiger partial charge is 0.496 e. The first kappa shape index (κ1) is 19.1. The number of amides is 1. The third-order valence-electron chi connectivity index (χ3n) is 3.71. The minimum absolute atomic E-state index is 0.00218. The molecular weight excluding hydrogens is 374 g/mol. The summed E-state index contributed by atoms with van der Waals surface area (Å²) < 4.78 is 39.4. The van der Waals surface area contributed by atoms with Crippen molar-refractivity contribution in [3.05, 3.63) is 48.0 Å². The van der Waals surface area contributed by atoms with Gasteiger partial charge in [0.25, 0.3) is 5.91 Å². The minimum atomic E-state index is -3.00. The van der Waals surface area contributed by atoms with Gasteiger partial charge in [-0.2, -0.15) is 13.8 Å². The monoisotopic (exact) mass is 390 g/mol. The Bertz CT molecular complexity index is 978. The van der Waals surface area contributed by atoms with Crippen LogP contribution in [0.2, 0.25) is 0 Å². The molecule has 0 unspecified atom stereocenters. The van der Waals surface area contributed by atoms with Crippen molar-refractivity contribution >= 4 is 11.9 Å². The summed E-state index contributed by atoms with van der Waals surface area (Å²) in [5.41, 5.74) is 0.829. The molecule has 0 bridgehead atoms. The van der Waals surface area contributed by atoms with E-state index in [4.69, 9.17) is 9.47 Å². The summed E-state index contributed by atoms with van der Waals surface area (Å²) in [7, 11) is 2.82. The first-order chi connectivity index (χ1) is 13.5. The zero-order valence-electron chi connectivity index (χ0n) is 14.9. The molecular formula is C18H16F2N4O4. The SMILES string of the molecule is COc1cc(C(=O)Nc2n[nH]c(-c3ccccc3OC)n2)ccc1OC(F)F. The number of hydrogen-bond acceptors (Lipinski definition) is 6. The highest BCUT2D eigenvalue weighted by molar-refractivity contribution is 6.03. The summed E-state index contributed by atoms with van der Waals surface area (Å²) in [6.45, 7) is -3.00. The molecule has 0 aliphatic rings. The van der Waals surface area contributed by atoms with Gasteiger partial charge in [0, 0.05) is 5.56 Å². The normalized spacial score (nSPS) is 10.6. The first-order valence-electron chi connectivity index (χ1n) is 8.01. The molecule has 0 aliphatic carbocycles. The van der Waals surface area contributed by atoms with E-state index in [1.54, 1.807) is 12.1 Å². The zero-order chi connectivity index (χ0) is 20.1. The Hall–Kier alpha value is -3.69. The van der Waals surface area contributed by atoms with Gasteiger partial charge in [-0.15, -0.1) is 5.10 Å². The second kappa shape index (κ2) is 8.33. The predicted molar refractivity (Wildman–Crippen MR) is 95.9 cm³/mol. The number of carbonyl (C=O) groups is 1. The molecule has 2 aromatic carbocycles. The number of hydrogen-bond donors (Lipinski definition) is 2. The van der Waals surface area contributed by atoms with Gasteiger partial charge in [0.1, 0.15) is 5.75 Å². The molecule has 8 nitrogen and oxygen atoms in total. The van der Waals surface area contributed by atoms with Gasteiger partial charge in [-0.25, -0.2) is 0 Å². The van der Waals surface area contributed by atoms with Crippen molar-refractivity contribution in [1.82, 2.24) is 15.2 Å². The van der Waals surface area contributed by atoms with Crippen LogP contribution in [0.5, 0.6) is 17.2 Å². The molecule has 0 spiro atoms. The lowest BCUT2D eigenvalue weighted by molar-refractivity contribution is -0.0512. The fraction of sp³-hybridized carbons (Fsp3) is 0.167. The van der Waals surface area contributed by atoms with Crippen molar-refractivity contribution in [3.63, 3.8) is 0 Å². The van der Waals surface area contributed by atoms with Crippen LogP contribution < -0.4 is 19.5 Å². The standard InChI is InChI=1S/C18H16F2N4O4/c1-26-12-6-4-3-5-11(12)15-21-18(24-23-15)22-16(25)10-7-8-13(28-17(19)20)14(9-10)27-2/h3-9,17H,1-2H3,(H2,21,22,23,24,25). The van der Waals surface area contributed by atoms with E-state index in [9.17, 15) is 13.6 Å². The smallest absolute Gasteiger partial charge is 0.387 e. The number of aromatic amines is 1. The van der Waals surface area contributed by atoms with Crippen LogP contribution in [-0.4, -0.2) is 41.9 Å². The number of halogens is 2. The van der Waals surface area contributed by atoms with E-state index >= 15 is 0 Å². The number of anilines is 1. The molecule has 3 aromatic rings. The van der Waals surface area contributed by atoms with Crippen LogP contribution in [0.25, 0.3) is 11.4 Å². The number of para-hydroxylation sites is 1. The Kier molecular flexibility index (Phi) is 5.68. The number of nitrogens with zero attached hydrogens (tertiary/aromatic N) is 2. The fourth-order valence-corrected chi connectivity index (χ4v) is 2.45. The van der Waals surface area contributed by atoms with Crippen molar-refractivity contribution in [2.24, 2.45) is 0 Å². The average molecular weight is 390 g/mol. The van der Waals surface area contributed by atoms with Crippen LogP contribution in [0.15, 0.2) is 42.5 Å². The molecule has 1 amide bonds. The van der Waals surface area contributed by atoms with Crippen molar-refractivity contribution in [3.8, 4) is 28.6 Å². The fourth-order valence-electron chi connectivity index (χ4n) is 2.45. The number of benzene rings is 2. The molecule has 0 saturated carbocycles. The summed E-state index contributed by atoms with van der Waals surface area (Å²) in [6.07, 6.45) is 0. The van der Waals surface area contributed by atoms with E-state index in [2.05, 4.69) is 25.2 Å². The molecule has 0 aliphatic heterocycles. The number of carbonyl (C=O) groups excluding carboxylic acids is 1. The van der Waals surface area contributed by atoms with Crippen LogP contribution in [0.4, 0.5) is 14.7 Å². The minimum Gasteiger partial charge on any atom is -0.496 e. The van der Waals surface area contributed by atoms with Crippen molar-refractivity contribution < 1.29 is 27.8 Å². The molecule has 0 fully saturated rings. The van der Waals surface area contributed by atoms with Gasteiger partial charge in [0.05, 0.1) is 19.8 Å². The van der Waals surface area contributed by atoms with Gasteiger partial charge in [-0.1, -0.05) is 12.1 Å². The molecule has 146 valence electrons. The van der Waals surface area contributed by atoms with Crippen LogP contribution in [0.1, 0.15) is 10.4 Å².